The summed E-state index contributed by atoms with van der Waals surface area (Å²) in [5.74, 6) is -0.543. The van der Waals surface area contributed by atoms with Crippen molar-refractivity contribution in [2.45, 2.75) is 34.6 Å². The Morgan fingerprint density at radius 3 is 2.16 bits per heavy atom. The highest BCUT2D eigenvalue weighted by atomic mass is 32.2. The Balaban J connectivity index is 2.29. The van der Waals surface area contributed by atoms with Crippen LogP contribution in [0.25, 0.3) is 0 Å². The number of hydrogen-bond donors (Lipinski definition) is 2. The second kappa shape index (κ2) is 9.96. The van der Waals surface area contributed by atoms with E-state index in [1.807, 2.05) is 46.8 Å². The van der Waals surface area contributed by atoms with Crippen LogP contribution >= 0.6 is 0 Å². The van der Waals surface area contributed by atoms with Crippen LogP contribution in [0.4, 0.5) is 11.4 Å². The lowest BCUT2D eigenvalue weighted by atomic mass is 10.1. The molecule has 0 aromatic heterocycles. The average Bonchev–Trinajstić information content (AvgIpc) is 2.64. The molecule has 0 saturated heterocycles. The normalized spacial score (nSPS) is 11.3. The summed E-state index contributed by atoms with van der Waals surface area (Å²) < 4.78 is 26.1. The maximum absolute atomic E-state index is 12.8. The number of hydrogen-bond acceptors (Lipinski definition) is 4. The molecule has 2 aromatic rings. The summed E-state index contributed by atoms with van der Waals surface area (Å²) in [7, 11) is -3.71. The smallest absolute Gasteiger partial charge is 0.253 e. The van der Waals surface area contributed by atoms with Crippen molar-refractivity contribution in [3.8, 4) is 0 Å². The SMILES string of the molecule is Cc1cc(C)c(N(CC(=O)Nc2ccccc2C(=O)NCC(C)C)S(C)(=O)=O)c(C)c1. The van der Waals surface area contributed by atoms with Gasteiger partial charge in [0.15, 0.2) is 0 Å². The van der Waals surface area contributed by atoms with Gasteiger partial charge in [0, 0.05) is 6.54 Å². The van der Waals surface area contributed by atoms with Crippen LogP contribution in [0.2, 0.25) is 0 Å². The van der Waals surface area contributed by atoms with Crippen molar-refractivity contribution in [2.75, 3.05) is 29.0 Å². The first-order valence-electron chi connectivity index (χ1n) is 10.1. The molecule has 0 aliphatic heterocycles. The second-order valence-corrected chi connectivity index (χ2v) is 10.1. The van der Waals surface area contributed by atoms with E-state index < -0.39 is 22.5 Å². The van der Waals surface area contributed by atoms with Crippen LogP contribution < -0.4 is 14.9 Å². The third-order valence-electron chi connectivity index (χ3n) is 4.69. The van der Waals surface area contributed by atoms with E-state index >= 15 is 0 Å². The first-order chi connectivity index (χ1) is 14.4. The second-order valence-electron chi connectivity index (χ2n) is 8.21. The number of nitrogens with one attached hydrogen (secondary N) is 2. The summed E-state index contributed by atoms with van der Waals surface area (Å²) in [4.78, 5) is 25.3. The zero-order valence-corrected chi connectivity index (χ0v) is 19.8. The fraction of sp³-hybridized carbons (Fsp3) is 0.391. The van der Waals surface area contributed by atoms with Crippen molar-refractivity contribution in [3.63, 3.8) is 0 Å². The van der Waals surface area contributed by atoms with Crippen LogP contribution in [-0.4, -0.2) is 39.6 Å². The van der Waals surface area contributed by atoms with Gasteiger partial charge in [-0.3, -0.25) is 13.9 Å². The van der Waals surface area contributed by atoms with E-state index in [1.165, 1.54) is 0 Å². The lowest BCUT2D eigenvalue weighted by Gasteiger charge is -2.26. The fourth-order valence-electron chi connectivity index (χ4n) is 3.43. The zero-order chi connectivity index (χ0) is 23.3. The minimum absolute atomic E-state index is 0.287. The molecule has 2 aromatic carbocycles. The van der Waals surface area contributed by atoms with Crippen LogP contribution in [0, 0.1) is 26.7 Å². The molecule has 0 saturated carbocycles. The molecule has 31 heavy (non-hydrogen) atoms. The Bertz CT molecular complexity index is 1050. The van der Waals surface area contributed by atoms with Gasteiger partial charge in [0.25, 0.3) is 5.91 Å². The fourth-order valence-corrected chi connectivity index (χ4v) is 4.40. The lowest BCUT2D eigenvalue weighted by molar-refractivity contribution is -0.114. The number of aryl methyl sites for hydroxylation is 3. The molecule has 0 bridgehead atoms. The zero-order valence-electron chi connectivity index (χ0n) is 18.9. The monoisotopic (exact) mass is 445 g/mol. The molecule has 2 amide bonds. The van der Waals surface area contributed by atoms with Gasteiger partial charge >= 0.3 is 0 Å². The number of benzene rings is 2. The van der Waals surface area contributed by atoms with Crippen molar-refractivity contribution in [2.24, 2.45) is 5.92 Å². The maximum Gasteiger partial charge on any atom is 0.253 e. The number of para-hydroxylation sites is 1. The van der Waals surface area contributed by atoms with Gasteiger partial charge < -0.3 is 10.6 Å². The highest BCUT2D eigenvalue weighted by Gasteiger charge is 2.25. The van der Waals surface area contributed by atoms with Gasteiger partial charge in [-0.2, -0.15) is 0 Å². The molecule has 0 fully saturated rings. The number of carbonyl (C=O) groups is 2. The van der Waals surface area contributed by atoms with Crippen LogP contribution in [0.5, 0.6) is 0 Å². The number of amides is 2. The number of anilines is 2. The van der Waals surface area contributed by atoms with Gasteiger partial charge in [-0.25, -0.2) is 8.42 Å². The molecule has 8 heteroatoms. The van der Waals surface area contributed by atoms with E-state index in [9.17, 15) is 18.0 Å². The molecule has 0 aliphatic rings. The number of nitrogens with zero attached hydrogens (tertiary/aromatic N) is 1. The Morgan fingerprint density at radius 2 is 1.61 bits per heavy atom. The summed E-state index contributed by atoms with van der Waals surface area (Å²) in [6.45, 7) is 9.66. The summed E-state index contributed by atoms with van der Waals surface area (Å²) in [6.07, 6.45) is 1.08. The van der Waals surface area contributed by atoms with Gasteiger partial charge in [0.1, 0.15) is 6.54 Å². The van der Waals surface area contributed by atoms with Gasteiger partial charge in [0.2, 0.25) is 15.9 Å². The van der Waals surface area contributed by atoms with E-state index in [1.54, 1.807) is 24.3 Å². The predicted molar refractivity (Wildman–Crippen MR) is 125 cm³/mol. The number of carbonyl (C=O) groups excluding carboxylic acids is 2. The van der Waals surface area contributed by atoms with Crippen LogP contribution in [0.15, 0.2) is 36.4 Å². The van der Waals surface area contributed by atoms with Crippen LogP contribution in [0.3, 0.4) is 0 Å². The van der Waals surface area contributed by atoms with E-state index in [0.29, 0.717) is 23.5 Å². The van der Waals surface area contributed by atoms with E-state index in [2.05, 4.69) is 10.6 Å². The molecule has 2 N–H and O–H groups in total. The average molecular weight is 446 g/mol. The van der Waals surface area contributed by atoms with E-state index in [0.717, 1.165) is 27.3 Å². The summed E-state index contributed by atoms with van der Waals surface area (Å²) in [6, 6.07) is 10.4. The van der Waals surface area contributed by atoms with E-state index in [-0.39, 0.29) is 11.8 Å². The highest BCUT2D eigenvalue weighted by Crippen LogP contribution is 2.28. The highest BCUT2D eigenvalue weighted by molar-refractivity contribution is 7.92. The van der Waals surface area contributed by atoms with Gasteiger partial charge in [-0.05, 0) is 49.9 Å². The molecular weight excluding hydrogens is 414 g/mol. The van der Waals surface area contributed by atoms with Gasteiger partial charge in [0.05, 0.1) is 23.2 Å². The van der Waals surface area contributed by atoms with Gasteiger partial charge in [-0.15, -0.1) is 0 Å². The van der Waals surface area contributed by atoms with Gasteiger partial charge in [-0.1, -0.05) is 43.7 Å². The molecule has 7 nitrogen and oxygen atoms in total. The third-order valence-corrected chi connectivity index (χ3v) is 5.80. The topological polar surface area (TPSA) is 95.6 Å². The molecule has 0 atom stereocenters. The van der Waals surface area contributed by atoms with Crippen LogP contribution in [0.1, 0.15) is 40.9 Å². The number of rotatable bonds is 8. The molecule has 0 radical (unpaired) electrons. The Morgan fingerprint density at radius 1 is 1.03 bits per heavy atom. The van der Waals surface area contributed by atoms with Crippen molar-refractivity contribution in [1.82, 2.24) is 5.32 Å². The van der Waals surface area contributed by atoms with Crippen molar-refractivity contribution in [3.05, 3.63) is 58.7 Å². The standard InChI is InChI=1S/C23H31N3O4S/c1-15(2)13-24-23(28)19-9-7-8-10-20(19)25-21(27)14-26(31(6,29)30)22-17(4)11-16(3)12-18(22)5/h7-12,15H,13-14H2,1-6H3,(H,24,28)(H,25,27). The molecule has 0 aliphatic carbocycles. The summed E-state index contributed by atoms with van der Waals surface area (Å²) >= 11 is 0. The predicted octanol–water partition coefficient (Wildman–Crippen LogP) is 3.40. The molecule has 0 spiro atoms. The van der Waals surface area contributed by atoms with Crippen LogP contribution in [-0.2, 0) is 14.8 Å². The summed E-state index contributed by atoms with van der Waals surface area (Å²) in [5.41, 5.74) is 3.70. The van der Waals surface area contributed by atoms with Crippen molar-refractivity contribution in [1.29, 1.82) is 0 Å². The lowest BCUT2D eigenvalue weighted by Crippen LogP contribution is -2.38. The minimum atomic E-state index is -3.71. The quantitative estimate of drug-likeness (QED) is 0.651. The molecule has 2 rings (SSSR count). The number of sulfonamides is 1. The first kappa shape index (κ1) is 24.4. The first-order valence-corrected chi connectivity index (χ1v) is 12.0. The Labute approximate surface area is 184 Å². The van der Waals surface area contributed by atoms with E-state index in [4.69, 9.17) is 0 Å². The van der Waals surface area contributed by atoms with Crippen molar-refractivity contribution >= 4 is 33.2 Å². The summed E-state index contributed by atoms with van der Waals surface area (Å²) in [5, 5.41) is 5.52. The third kappa shape index (κ3) is 6.55. The molecule has 0 heterocycles. The maximum atomic E-state index is 12.8. The molecule has 0 unspecified atom stereocenters. The molecule has 168 valence electrons. The van der Waals surface area contributed by atoms with Crippen molar-refractivity contribution < 1.29 is 18.0 Å². The minimum Gasteiger partial charge on any atom is -0.352 e. The Hall–Kier alpha value is -2.87. The molecular formula is C23H31N3O4S. The largest absolute Gasteiger partial charge is 0.352 e. The Kier molecular flexibility index (Phi) is 7.84.